The van der Waals surface area contributed by atoms with Gasteiger partial charge in [-0.05, 0) is 62.6 Å². The second-order valence-corrected chi connectivity index (χ2v) is 11.7. The lowest BCUT2D eigenvalue weighted by Crippen LogP contribution is -2.53. The van der Waals surface area contributed by atoms with E-state index in [2.05, 4.69) is 5.32 Å². The number of carbonyl (C=O) groups is 2. The number of benzene rings is 3. The van der Waals surface area contributed by atoms with E-state index in [1.54, 1.807) is 31.2 Å². The van der Waals surface area contributed by atoms with E-state index in [-0.39, 0.29) is 34.1 Å². The normalized spacial score (nSPS) is 12.7. The minimum atomic E-state index is -4.17. The van der Waals surface area contributed by atoms with Gasteiger partial charge in [0.15, 0.2) is 0 Å². The van der Waals surface area contributed by atoms with Gasteiger partial charge in [0.2, 0.25) is 11.8 Å². The number of hydrogen-bond acceptors (Lipinski definition) is 5. The molecule has 0 aliphatic carbocycles. The first-order valence-corrected chi connectivity index (χ1v) is 14.9. The van der Waals surface area contributed by atoms with Gasteiger partial charge in [0.05, 0.1) is 22.7 Å². The summed E-state index contributed by atoms with van der Waals surface area (Å²) in [6.07, 6.45) is 1.23. The third-order valence-electron chi connectivity index (χ3n) is 6.69. The van der Waals surface area contributed by atoms with Gasteiger partial charge in [0, 0.05) is 12.6 Å². The number of methoxy groups -OCH3 is 1. The SMILES string of the molecule is CC[C@H](C)NC(=O)[C@H](C)N(CCc1ccccc1)C(=O)CN(c1ccc(OC)c(Cl)c1)S(=O)(=O)c1ccccc1. The highest BCUT2D eigenvalue weighted by Crippen LogP contribution is 2.32. The maximum Gasteiger partial charge on any atom is 0.264 e. The van der Waals surface area contributed by atoms with Gasteiger partial charge < -0.3 is 15.0 Å². The molecule has 1 N–H and O–H groups in total. The largest absolute Gasteiger partial charge is 0.495 e. The van der Waals surface area contributed by atoms with Crippen molar-refractivity contribution in [2.45, 2.75) is 50.6 Å². The summed E-state index contributed by atoms with van der Waals surface area (Å²) < 4.78 is 33.9. The Morgan fingerprint density at radius 2 is 1.60 bits per heavy atom. The smallest absolute Gasteiger partial charge is 0.264 e. The lowest BCUT2D eigenvalue weighted by molar-refractivity contribution is -0.139. The molecule has 0 aromatic heterocycles. The Morgan fingerprint density at radius 3 is 2.17 bits per heavy atom. The number of nitrogens with one attached hydrogen (secondary N) is 1. The Labute approximate surface area is 241 Å². The molecule has 0 heterocycles. The van der Waals surface area contributed by atoms with E-state index < -0.39 is 28.5 Å². The van der Waals surface area contributed by atoms with Gasteiger partial charge >= 0.3 is 0 Å². The molecular formula is C30H36ClN3O5S. The van der Waals surface area contributed by atoms with Crippen LogP contribution in [0.25, 0.3) is 0 Å². The first-order valence-electron chi connectivity index (χ1n) is 13.1. The van der Waals surface area contributed by atoms with Gasteiger partial charge in [-0.15, -0.1) is 0 Å². The van der Waals surface area contributed by atoms with Crippen molar-refractivity contribution in [2.24, 2.45) is 0 Å². The number of rotatable bonds is 13. The molecule has 3 aromatic carbocycles. The average Bonchev–Trinajstić information content (AvgIpc) is 2.96. The molecule has 0 aliphatic heterocycles. The predicted molar refractivity (Wildman–Crippen MR) is 158 cm³/mol. The number of sulfonamides is 1. The molecule has 0 aliphatic rings. The van der Waals surface area contributed by atoms with E-state index in [0.29, 0.717) is 12.2 Å². The number of carbonyl (C=O) groups excluding carboxylic acids is 2. The molecule has 3 rings (SSSR count). The van der Waals surface area contributed by atoms with Crippen molar-refractivity contribution in [3.63, 3.8) is 0 Å². The summed E-state index contributed by atoms with van der Waals surface area (Å²) in [4.78, 5) is 28.5. The maximum absolute atomic E-state index is 13.9. The Balaban J connectivity index is 2.00. The van der Waals surface area contributed by atoms with Crippen LogP contribution in [0.4, 0.5) is 5.69 Å². The number of halogens is 1. The maximum atomic E-state index is 13.9. The molecule has 0 saturated carbocycles. The van der Waals surface area contributed by atoms with E-state index in [0.717, 1.165) is 16.3 Å². The average molecular weight is 586 g/mol. The monoisotopic (exact) mass is 585 g/mol. The van der Waals surface area contributed by atoms with Crippen LogP contribution in [0, 0.1) is 0 Å². The van der Waals surface area contributed by atoms with Crippen LogP contribution in [0.15, 0.2) is 83.8 Å². The van der Waals surface area contributed by atoms with Gasteiger partial charge in [0.25, 0.3) is 10.0 Å². The van der Waals surface area contributed by atoms with Crippen molar-refractivity contribution < 1.29 is 22.7 Å². The Hall–Kier alpha value is -3.56. The number of hydrogen-bond donors (Lipinski definition) is 1. The number of amides is 2. The van der Waals surface area contributed by atoms with Crippen LogP contribution < -0.4 is 14.4 Å². The molecule has 8 nitrogen and oxygen atoms in total. The van der Waals surface area contributed by atoms with E-state index in [1.807, 2.05) is 44.2 Å². The third-order valence-corrected chi connectivity index (χ3v) is 8.77. The molecule has 2 amide bonds. The summed E-state index contributed by atoms with van der Waals surface area (Å²) >= 11 is 6.35. The molecule has 214 valence electrons. The minimum Gasteiger partial charge on any atom is -0.495 e. The van der Waals surface area contributed by atoms with Crippen molar-refractivity contribution >= 4 is 39.1 Å². The zero-order chi connectivity index (χ0) is 29.3. The van der Waals surface area contributed by atoms with Crippen molar-refractivity contribution in [3.05, 3.63) is 89.4 Å². The fourth-order valence-electron chi connectivity index (χ4n) is 4.09. The van der Waals surface area contributed by atoms with Crippen molar-refractivity contribution in [2.75, 3.05) is 24.5 Å². The molecule has 0 unspecified atom stereocenters. The predicted octanol–water partition coefficient (Wildman–Crippen LogP) is 4.92. The zero-order valence-electron chi connectivity index (χ0n) is 23.2. The van der Waals surface area contributed by atoms with Crippen LogP contribution >= 0.6 is 11.6 Å². The van der Waals surface area contributed by atoms with E-state index in [4.69, 9.17) is 16.3 Å². The third kappa shape index (κ3) is 7.76. The first kappa shape index (κ1) is 31.0. The lowest BCUT2D eigenvalue weighted by atomic mass is 10.1. The van der Waals surface area contributed by atoms with Crippen LogP contribution in [0.1, 0.15) is 32.8 Å². The van der Waals surface area contributed by atoms with Gasteiger partial charge in [0.1, 0.15) is 18.3 Å². The number of nitrogens with zero attached hydrogens (tertiary/aromatic N) is 2. The summed E-state index contributed by atoms with van der Waals surface area (Å²) in [5.74, 6) is -0.455. The van der Waals surface area contributed by atoms with Crippen LogP contribution in [0.2, 0.25) is 5.02 Å². The molecule has 10 heteroatoms. The summed E-state index contributed by atoms with van der Waals surface area (Å²) in [6.45, 7) is 5.19. The standard InChI is InChI=1S/C30H36ClN3O5S/c1-5-22(2)32-30(36)23(3)33(19-18-24-12-8-6-9-13-24)29(35)21-34(25-16-17-28(39-4)27(31)20-25)40(37,38)26-14-10-7-11-15-26/h6-17,20,22-23H,5,18-19,21H2,1-4H3,(H,32,36)/t22-,23-/m0/s1. The molecule has 0 saturated heterocycles. The summed E-state index contributed by atoms with van der Waals surface area (Å²) in [5.41, 5.74) is 1.19. The number of ether oxygens (including phenoxy) is 1. The Kier molecular flexibility index (Phi) is 11.0. The van der Waals surface area contributed by atoms with Gasteiger partial charge in [-0.25, -0.2) is 8.42 Å². The zero-order valence-corrected chi connectivity index (χ0v) is 24.8. The van der Waals surface area contributed by atoms with Crippen LogP contribution in [0.5, 0.6) is 5.75 Å². The van der Waals surface area contributed by atoms with Gasteiger partial charge in [-0.3, -0.25) is 13.9 Å². The molecular weight excluding hydrogens is 550 g/mol. The van der Waals surface area contributed by atoms with Crippen molar-refractivity contribution in [1.82, 2.24) is 10.2 Å². The minimum absolute atomic E-state index is 0.0214. The van der Waals surface area contributed by atoms with E-state index in [9.17, 15) is 18.0 Å². The second-order valence-electron chi connectivity index (χ2n) is 9.46. The van der Waals surface area contributed by atoms with Gasteiger partial charge in [-0.1, -0.05) is 67.1 Å². The summed E-state index contributed by atoms with van der Waals surface area (Å²) in [7, 11) is -2.71. The summed E-state index contributed by atoms with van der Waals surface area (Å²) in [5, 5.41) is 3.13. The molecule has 0 bridgehead atoms. The van der Waals surface area contributed by atoms with Gasteiger partial charge in [-0.2, -0.15) is 0 Å². The van der Waals surface area contributed by atoms with Crippen molar-refractivity contribution in [3.8, 4) is 5.75 Å². The highest BCUT2D eigenvalue weighted by atomic mass is 35.5. The van der Waals surface area contributed by atoms with E-state index >= 15 is 0 Å². The topological polar surface area (TPSA) is 96.0 Å². The fraction of sp³-hybridized carbons (Fsp3) is 0.333. The first-order chi connectivity index (χ1) is 19.1. The van der Waals surface area contributed by atoms with Crippen molar-refractivity contribution in [1.29, 1.82) is 0 Å². The summed E-state index contributed by atoms with van der Waals surface area (Å²) in [6, 6.07) is 21.1. The molecule has 0 radical (unpaired) electrons. The molecule has 0 fully saturated rings. The van der Waals surface area contributed by atoms with Crippen LogP contribution in [0.3, 0.4) is 0 Å². The molecule has 0 spiro atoms. The highest BCUT2D eigenvalue weighted by molar-refractivity contribution is 7.92. The van der Waals surface area contributed by atoms with Crippen LogP contribution in [-0.4, -0.2) is 57.4 Å². The van der Waals surface area contributed by atoms with E-state index in [1.165, 1.54) is 36.3 Å². The Bertz CT molecular complexity index is 1390. The highest BCUT2D eigenvalue weighted by Gasteiger charge is 2.32. The number of anilines is 1. The Morgan fingerprint density at radius 1 is 0.975 bits per heavy atom. The quantitative estimate of drug-likeness (QED) is 0.307. The molecule has 2 atom stereocenters. The molecule has 40 heavy (non-hydrogen) atoms. The van der Waals surface area contributed by atoms with Crippen LogP contribution in [-0.2, 0) is 26.0 Å². The second kappa shape index (κ2) is 14.2. The lowest BCUT2D eigenvalue weighted by Gasteiger charge is -2.32. The fourth-order valence-corrected chi connectivity index (χ4v) is 5.77. The molecule has 3 aromatic rings.